The third-order valence-electron chi connectivity index (χ3n) is 4.55. The number of alkyl halides is 1. The van der Waals surface area contributed by atoms with Gasteiger partial charge in [0, 0.05) is 11.3 Å². The number of nitrogens with two attached hydrogens (primary N) is 1. The Morgan fingerprint density at radius 3 is 2.67 bits per heavy atom. The summed E-state index contributed by atoms with van der Waals surface area (Å²) in [5.41, 5.74) is 14.6. The summed E-state index contributed by atoms with van der Waals surface area (Å²) in [6, 6.07) is 9.42. The molecule has 2 rings (SSSR count). The second-order valence-electron chi connectivity index (χ2n) is 6.38. The van der Waals surface area contributed by atoms with Crippen LogP contribution in [0.15, 0.2) is 36.5 Å². The van der Waals surface area contributed by atoms with Crippen LogP contribution >= 0.6 is 9.39 Å². The summed E-state index contributed by atoms with van der Waals surface area (Å²) < 4.78 is 19.9. The van der Waals surface area contributed by atoms with Crippen LogP contribution in [0.4, 0.5) is 10.1 Å². The maximum atomic E-state index is 12.9. The van der Waals surface area contributed by atoms with Crippen LogP contribution in [-0.2, 0) is 0 Å². The molecule has 2 atom stereocenters. The molecule has 0 saturated heterocycles. The molecule has 0 aliphatic carbocycles. The fourth-order valence-corrected chi connectivity index (χ4v) is 2.98. The number of pyridine rings is 1. The first-order chi connectivity index (χ1) is 12.9. The summed E-state index contributed by atoms with van der Waals surface area (Å²) in [6.07, 6.45) is 2.43. The molecular weight excluding hydrogens is 362 g/mol. The average molecular weight is 390 g/mol. The zero-order chi connectivity index (χ0) is 20.0. The maximum Gasteiger partial charge on any atom is 0.119 e. The molecule has 2 aromatic rings. The Bertz CT molecular complexity index is 791. The predicted octanol–water partition coefficient (Wildman–Crippen LogP) is 4.09. The van der Waals surface area contributed by atoms with E-state index in [1.54, 1.807) is 18.1 Å². The lowest BCUT2D eigenvalue weighted by Crippen LogP contribution is -2.39. The van der Waals surface area contributed by atoms with Gasteiger partial charge in [0.2, 0.25) is 0 Å². The molecule has 0 saturated carbocycles. The third-order valence-corrected chi connectivity index (χ3v) is 5.00. The lowest BCUT2D eigenvalue weighted by molar-refractivity contribution is 0.374. The topological polar surface area (TPSA) is 63.4 Å². The standard InChI is InChI=1S/C20H28FN4OP/c1-5-15(11-21)24-25(27)16-7-9-19(23-12-16)14(3)20(22)18-10-17(26-4)8-6-13(18)2/h6-10,12,15,24H,5,11,22,27H2,1-4H3/b20-14-. The Morgan fingerprint density at radius 1 is 1.37 bits per heavy atom. The number of hydrazine groups is 1. The molecule has 0 aliphatic rings. The molecule has 0 radical (unpaired) electrons. The first-order valence-corrected chi connectivity index (χ1v) is 9.37. The molecule has 27 heavy (non-hydrogen) atoms. The molecule has 1 aromatic carbocycles. The fraction of sp³-hybridized carbons (Fsp3) is 0.350. The molecule has 1 heterocycles. The predicted molar refractivity (Wildman–Crippen MR) is 114 cm³/mol. The Morgan fingerprint density at radius 2 is 2.11 bits per heavy atom. The third kappa shape index (κ3) is 5.18. The number of allylic oxidation sites excluding steroid dienone is 1. The monoisotopic (exact) mass is 390 g/mol. The van der Waals surface area contributed by atoms with Gasteiger partial charge >= 0.3 is 0 Å². The smallest absolute Gasteiger partial charge is 0.119 e. The van der Waals surface area contributed by atoms with E-state index in [4.69, 9.17) is 10.5 Å². The minimum absolute atomic E-state index is 0.226. The highest BCUT2D eigenvalue weighted by Gasteiger charge is 2.12. The first-order valence-electron chi connectivity index (χ1n) is 8.86. The van der Waals surface area contributed by atoms with Crippen LogP contribution in [0.2, 0.25) is 0 Å². The van der Waals surface area contributed by atoms with E-state index in [-0.39, 0.29) is 6.04 Å². The van der Waals surface area contributed by atoms with Gasteiger partial charge in [0.15, 0.2) is 0 Å². The van der Waals surface area contributed by atoms with Gasteiger partial charge in [-0.15, -0.1) is 0 Å². The largest absolute Gasteiger partial charge is 0.497 e. The molecule has 1 aromatic heterocycles. The normalized spacial score (nSPS) is 13.1. The SMILES string of the molecule is CCC(CF)NN(P)c1ccc(/C(C)=C(\N)c2cc(OC)ccc2C)nc1. The van der Waals surface area contributed by atoms with Gasteiger partial charge in [-0.2, -0.15) is 0 Å². The van der Waals surface area contributed by atoms with Gasteiger partial charge in [0.1, 0.15) is 12.4 Å². The number of nitrogens with one attached hydrogen (secondary N) is 1. The molecule has 0 fully saturated rings. The van der Waals surface area contributed by atoms with Crippen molar-refractivity contribution < 1.29 is 9.13 Å². The Kier molecular flexibility index (Phi) is 7.57. The van der Waals surface area contributed by atoms with E-state index in [2.05, 4.69) is 19.8 Å². The van der Waals surface area contributed by atoms with E-state index in [1.807, 2.05) is 51.1 Å². The number of hydrogen-bond acceptors (Lipinski definition) is 5. The zero-order valence-electron chi connectivity index (χ0n) is 16.3. The number of halogens is 1. The van der Waals surface area contributed by atoms with Crippen molar-refractivity contribution in [3.63, 3.8) is 0 Å². The molecule has 2 unspecified atom stereocenters. The Labute approximate surface area is 163 Å². The molecule has 7 heteroatoms. The van der Waals surface area contributed by atoms with Crippen molar-refractivity contribution in [2.45, 2.75) is 33.2 Å². The number of rotatable bonds is 8. The van der Waals surface area contributed by atoms with Crippen molar-refractivity contribution in [3.8, 4) is 5.75 Å². The van der Waals surface area contributed by atoms with Crippen molar-refractivity contribution in [2.75, 3.05) is 18.6 Å². The zero-order valence-corrected chi connectivity index (χ0v) is 17.4. The Balaban J connectivity index is 2.26. The number of benzene rings is 1. The molecule has 0 bridgehead atoms. The number of hydrogen-bond donors (Lipinski definition) is 2. The van der Waals surface area contributed by atoms with Crippen LogP contribution in [0.25, 0.3) is 11.3 Å². The van der Waals surface area contributed by atoms with Gasteiger partial charge in [0.05, 0.1) is 30.7 Å². The van der Waals surface area contributed by atoms with Gasteiger partial charge in [0.25, 0.3) is 0 Å². The van der Waals surface area contributed by atoms with Crippen LogP contribution in [0, 0.1) is 6.92 Å². The van der Waals surface area contributed by atoms with Gasteiger partial charge in [-0.3, -0.25) is 9.76 Å². The highest BCUT2D eigenvalue weighted by atomic mass is 31.0. The van der Waals surface area contributed by atoms with Crippen molar-refractivity contribution in [2.24, 2.45) is 5.73 Å². The van der Waals surface area contributed by atoms with E-state index in [0.29, 0.717) is 12.1 Å². The minimum atomic E-state index is -0.425. The number of methoxy groups -OCH3 is 1. The quantitative estimate of drug-likeness (QED) is 0.525. The van der Waals surface area contributed by atoms with Gasteiger partial charge < -0.3 is 10.5 Å². The lowest BCUT2D eigenvalue weighted by atomic mass is 10.0. The number of aryl methyl sites for hydroxylation is 1. The summed E-state index contributed by atoms with van der Waals surface area (Å²) in [5, 5.41) is 0. The first kappa shape index (κ1) is 21.1. The van der Waals surface area contributed by atoms with Crippen LogP contribution in [0.5, 0.6) is 5.75 Å². The van der Waals surface area contributed by atoms with Crippen LogP contribution in [0.3, 0.4) is 0 Å². The number of ether oxygens (including phenoxy) is 1. The van der Waals surface area contributed by atoms with E-state index in [0.717, 1.165) is 33.8 Å². The molecule has 0 spiro atoms. The lowest BCUT2D eigenvalue weighted by Gasteiger charge is -2.24. The van der Waals surface area contributed by atoms with Crippen molar-refractivity contribution in [1.82, 2.24) is 10.4 Å². The highest BCUT2D eigenvalue weighted by molar-refractivity contribution is 7.18. The summed E-state index contributed by atoms with van der Waals surface area (Å²) >= 11 is 0. The van der Waals surface area contributed by atoms with E-state index in [1.165, 1.54) is 0 Å². The minimum Gasteiger partial charge on any atom is -0.497 e. The van der Waals surface area contributed by atoms with E-state index < -0.39 is 6.67 Å². The van der Waals surface area contributed by atoms with Crippen molar-refractivity contribution in [1.29, 1.82) is 0 Å². The van der Waals surface area contributed by atoms with Gasteiger partial charge in [-0.25, -0.2) is 9.82 Å². The second kappa shape index (κ2) is 9.67. The van der Waals surface area contributed by atoms with Gasteiger partial charge in [-0.05, 0) is 65.1 Å². The number of aromatic nitrogens is 1. The fourth-order valence-electron chi connectivity index (χ4n) is 2.61. The van der Waals surface area contributed by atoms with E-state index in [9.17, 15) is 4.39 Å². The molecule has 0 aliphatic heterocycles. The summed E-state index contributed by atoms with van der Waals surface area (Å²) in [6.45, 7) is 5.47. The Hall–Kier alpha value is -2.17. The molecular formula is C20H28FN4OP. The van der Waals surface area contributed by atoms with Crippen molar-refractivity contribution >= 4 is 26.3 Å². The second-order valence-corrected chi connectivity index (χ2v) is 6.90. The summed E-state index contributed by atoms with van der Waals surface area (Å²) in [4.78, 5) is 4.52. The summed E-state index contributed by atoms with van der Waals surface area (Å²) in [7, 11) is 4.17. The van der Waals surface area contributed by atoms with Crippen LogP contribution in [-0.4, -0.2) is 24.8 Å². The van der Waals surface area contributed by atoms with Crippen LogP contribution in [0.1, 0.15) is 37.1 Å². The molecule has 5 nitrogen and oxygen atoms in total. The number of anilines is 1. The van der Waals surface area contributed by atoms with E-state index >= 15 is 0 Å². The molecule has 0 amide bonds. The average Bonchev–Trinajstić information content (AvgIpc) is 2.71. The number of nitrogens with zero attached hydrogens (tertiary/aromatic N) is 2. The van der Waals surface area contributed by atoms with Crippen LogP contribution < -0.4 is 20.7 Å². The highest BCUT2D eigenvalue weighted by Crippen LogP contribution is 2.27. The maximum absolute atomic E-state index is 12.9. The van der Waals surface area contributed by atoms with Gasteiger partial charge in [-0.1, -0.05) is 13.0 Å². The van der Waals surface area contributed by atoms with Crippen molar-refractivity contribution in [3.05, 3.63) is 53.3 Å². The summed E-state index contributed by atoms with van der Waals surface area (Å²) in [5.74, 6) is 0.762. The molecule has 3 N–H and O–H groups in total. The molecule has 146 valence electrons.